The average Bonchev–Trinajstić information content (AvgIpc) is 3.00. The van der Waals surface area contributed by atoms with Gasteiger partial charge in [0, 0.05) is 31.3 Å². The number of rotatable bonds is 4. The molecule has 5 heteroatoms. The summed E-state index contributed by atoms with van der Waals surface area (Å²) in [6.45, 7) is 7.85. The number of H-pyrrole nitrogens is 1. The molecule has 1 amide bonds. The molecular weight excluding hydrogens is 252 g/mol. The highest BCUT2D eigenvalue weighted by molar-refractivity contribution is 5.76. The number of amides is 1. The van der Waals surface area contributed by atoms with Crippen molar-refractivity contribution in [2.24, 2.45) is 11.8 Å². The van der Waals surface area contributed by atoms with Crippen LogP contribution in [0, 0.1) is 11.8 Å². The first-order valence-corrected chi connectivity index (χ1v) is 7.80. The zero-order valence-electron chi connectivity index (χ0n) is 12.6. The van der Waals surface area contributed by atoms with Crippen molar-refractivity contribution in [3.05, 3.63) is 11.6 Å². The van der Waals surface area contributed by atoms with Crippen LogP contribution in [0.15, 0.2) is 0 Å². The van der Waals surface area contributed by atoms with Crippen molar-refractivity contribution in [2.45, 2.75) is 51.9 Å². The maximum absolute atomic E-state index is 12.0. The van der Waals surface area contributed by atoms with E-state index in [0.29, 0.717) is 24.2 Å². The molecule has 110 valence electrons. The van der Waals surface area contributed by atoms with Gasteiger partial charge in [-0.1, -0.05) is 20.8 Å². The molecule has 1 aromatic heterocycles. The molecule has 20 heavy (non-hydrogen) atoms. The fourth-order valence-corrected chi connectivity index (χ4v) is 3.26. The number of carbonyl (C=O) groups excluding carboxylic acids is 1. The van der Waals surface area contributed by atoms with E-state index in [-0.39, 0.29) is 5.91 Å². The van der Waals surface area contributed by atoms with Crippen LogP contribution in [0.5, 0.6) is 0 Å². The summed E-state index contributed by atoms with van der Waals surface area (Å²) in [6.07, 6.45) is 3.21. The molecule has 1 aromatic rings. The van der Waals surface area contributed by atoms with Crippen LogP contribution in [0.4, 0.5) is 0 Å². The zero-order chi connectivity index (χ0) is 14.3. The number of nitrogens with one attached hydrogen (secondary N) is 1. The SMILES string of the molecule is CCC(=O)N1C[C@H](c2nc(C(C)C)n[nH]2)[C@@H](C2CC2)C1. The van der Waals surface area contributed by atoms with Crippen molar-refractivity contribution >= 4 is 5.91 Å². The summed E-state index contributed by atoms with van der Waals surface area (Å²) in [6, 6.07) is 0. The number of likely N-dealkylation sites (tertiary alicyclic amines) is 1. The topological polar surface area (TPSA) is 61.9 Å². The molecule has 0 bridgehead atoms. The number of hydrogen-bond acceptors (Lipinski definition) is 3. The van der Waals surface area contributed by atoms with E-state index in [1.807, 2.05) is 11.8 Å². The molecule has 2 atom stereocenters. The Labute approximate surface area is 120 Å². The normalized spacial score (nSPS) is 26.5. The maximum Gasteiger partial charge on any atom is 0.222 e. The molecule has 2 fully saturated rings. The smallest absolute Gasteiger partial charge is 0.222 e. The third-order valence-corrected chi connectivity index (χ3v) is 4.64. The number of aromatic nitrogens is 3. The molecule has 0 unspecified atom stereocenters. The van der Waals surface area contributed by atoms with E-state index in [1.165, 1.54) is 12.8 Å². The van der Waals surface area contributed by atoms with Gasteiger partial charge in [0.2, 0.25) is 5.91 Å². The van der Waals surface area contributed by atoms with Crippen LogP contribution in [0.2, 0.25) is 0 Å². The molecule has 0 aromatic carbocycles. The monoisotopic (exact) mass is 276 g/mol. The summed E-state index contributed by atoms with van der Waals surface area (Å²) in [7, 11) is 0. The van der Waals surface area contributed by atoms with E-state index in [0.717, 1.165) is 30.7 Å². The molecule has 2 aliphatic rings. The zero-order valence-corrected chi connectivity index (χ0v) is 12.6. The lowest BCUT2D eigenvalue weighted by Gasteiger charge is -2.14. The van der Waals surface area contributed by atoms with Gasteiger partial charge in [0.1, 0.15) is 5.82 Å². The van der Waals surface area contributed by atoms with Crippen LogP contribution in [-0.2, 0) is 4.79 Å². The molecule has 1 saturated heterocycles. The first kappa shape index (κ1) is 13.6. The van der Waals surface area contributed by atoms with Gasteiger partial charge in [0.15, 0.2) is 5.82 Å². The Morgan fingerprint density at radius 2 is 2.15 bits per heavy atom. The molecule has 5 nitrogen and oxygen atoms in total. The Kier molecular flexibility index (Phi) is 3.52. The summed E-state index contributed by atoms with van der Waals surface area (Å²) in [5.74, 6) is 4.17. The van der Waals surface area contributed by atoms with E-state index in [2.05, 4.69) is 29.0 Å². The van der Waals surface area contributed by atoms with Crippen LogP contribution in [-0.4, -0.2) is 39.1 Å². The predicted molar refractivity (Wildman–Crippen MR) is 76.3 cm³/mol. The Morgan fingerprint density at radius 3 is 2.70 bits per heavy atom. The van der Waals surface area contributed by atoms with Gasteiger partial charge in [-0.3, -0.25) is 9.89 Å². The maximum atomic E-state index is 12.0. The number of carbonyl (C=O) groups is 1. The quantitative estimate of drug-likeness (QED) is 0.917. The Bertz CT molecular complexity index is 492. The van der Waals surface area contributed by atoms with E-state index >= 15 is 0 Å². The third-order valence-electron chi connectivity index (χ3n) is 4.64. The Balaban J connectivity index is 1.80. The Hall–Kier alpha value is -1.39. The van der Waals surface area contributed by atoms with Gasteiger partial charge in [0.05, 0.1) is 0 Å². The molecule has 1 aliphatic heterocycles. The lowest BCUT2D eigenvalue weighted by Crippen LogP contribution is -2.28. The van der Waals surface area contributed by atoms with Crippen molar-refractivity contribution < 1.29 is 4.79 Å². The first-order valence-electron chi connectivity index (χ1n) is 7.80. The van der Waals surface area contributed by atoms with Gasteiger partial charge < -0.3 is 4.90 Å². The van der Waals surface area contributed by atoms with Crippen molar-refractivity contribution in [1.29, 1.82) is 0 Å². The molecule has 3 rings (SSSR count). The molecular formula is C15H24N4O. The second kappa shape index (κ2) is 5.19. The summed E-state index contributed by atoms with van der Waals surface area (Å²) in [5, 5.41) is 7.45. The van der Waals surface area contributed by atoms with Crippen molar-refractivity contribution in [3.63, 3.8) is 0 Å². The van der Waals surface area contributed by atoms with E-state index in [4.69, 9.17) is 0 Å². The van der Waals surface area contributed by atoms with Crippen LogP contribution in [0.1, 0.15) is 63.5 Å². The molecule has 1 aliphatic carbocycles. The third kappa shape index (κ3) is 2.45. The van der Waals surface area contributed by atoms with Crippen LogP contribution in [0.3, 0.4) is 0 Å². The van der Waals surface area contributed by atoms with Crippen LogP contribution >= 0.6 is 0 Å². The summed E-state index contributed by atoms with van der Waals surface area (Å²) in [5.41, 5.74) is 0. The summed E-state index contributed by atoms with van der Waals surface area (Å²) in [4.78, 5) is 18.7. The first-order chi connectivity index (χ1) is 9.60. The number of hydrogen-bond donors (Lipinski definition) is 1. The van der Waals surface area contributed by atoms with Crippen molar-refractivity contribution in [2.75, 3.05) is 13.1 Å². The van der Waals surface area contributed by atoms with Gasteiger partial charge in [-0.15, -0.1) is 0 Å². The largest absolute Gasteiger partial charge is 0.342 e. The molecule has 1 saturated carbocycles. The highest BCUT2D eigenvalue weighted by atomic mass is 16.2. The minimum Gasteiger partial charge on any atom is -0.342 e. The Morgan fingerprint density at radius 1 is 1.40 bits per heavy atom. The van der Waals surface area contributed by atoms with Crippen molar-refractivity contribution in [1.82, 2.24) is 20.1 Å². The van der Waals surface area contributed by atoms with Crippen LogP contribution in [0.25, 0.3) is 0 Å². The lowest BCUT2D eigenvalue weighted by molar-refractivity contribution is -0.130. The number of nitrogens with zero attached hydrogens (tertiary/aromatic N) is 3. The molecule has 2 heterocycles. The number of aromatic amines is 1. The molecule has 0 spiro atoms. The minimum atomic E-state index is 0.266. The average molecular weight is 276 g/mol. The van der Waals surface area contributed by atoms with Crippen molar-refractivity contribution in [3.8, 4) is 0 Å². The van der Waals surface area contributed by atoms with E-state index < -0.39 is 0 Å². The van der Waals surface area contributed by atoms with Gasteiger partial charge in [-0.25, -0.2) is 4.98 Å². The fraction of sp³-hybridized carbons (Fsp3) is 0.800. The van der Waals surface area contributed by atoms with E-state index in [9.17, 15) is 4.79 Å². The summed E-state index contributed by atoms with van der Waals surface area (Å²) >= 11 is 0. The fourth-order valence-electron chi connectivity index (χ4n) is 3.26. The second-order valence-electron chi connectivity index (χ2n) is 6.49. The molecule has 0 radical (unpaired) electrons. The molecule has 1 N–H and O–H groups in total. The van der Waals surface area contributed by atoms with Gasteiger partial charge in [-0.2, -0.15) is 5.10 Å². The minimum absolute atomic E-state index is 0.266. The highest BCUT2D eigenvalue weighted by Gasteiger charge is 2.45. The lowest BCUT2D eigenvalue weighted by atomic mass is 9.91. The van der Waals surface area contributed by atoms with Crippen LogP contribution < -0.4 is 0 Å². The van der Waals surface area contributed by atoms with Gasteiger partial charge >= 0.3 is 0 Å². The second-order valence-corrected chi connectivity index (χ2v) is 6.49. The van der Waals surface area contributed by atoms with E-state index in [1.54, 1.807) is 0 Å². The van der Waals surface area contributed by atoms with Gasteiger partial charge in [0.25, 0.3) is 0 Å². The standard InChI is InChI=1S/C15H24N4O/c1-4-13(20)19-7-11(10-5-6-10)12(8-19)15-16-14(9(2)3)17-18-15/h9-12H,4-8H2,1-3H3,(H,16,17,18)/t11-,12+/m1/s1. The highest BCUT2D eigenvalue weighted by Crippen LogP contribution is 2.47. The van der Waals surface area contributed by atoms with Gasteiger partial charge in [-0.05, 0) is 24.7 Å². The predicted octanol–water partition coefficient (Wildman–Crippen LogP) is 2.29. The summed E-state index contributed by atoms with van der Waals surface area (Å²) < 4.78 is 0.